The first-order chi connectivity index (χ1) is 9.63. The van der Waals surface area contributed by atoms with Gasteiger partial charge >= 0.3 is 0 Å². The van der Waals surface area contributed by atoms with Crippen LogP contribution in [-0.2, 0) is 20.1 Å². The van der Waals surface area contributed by atoms with Crippen molar-refractivity contribution in [2.24, 2.45) is 0 Å². The summed E-state index contributed by atoms with van der Waals surface area (Å²) >= 11 is 0. The molecule has 0 fully saturated rings. The number of nitrogens with zero attached hydrogens (tertiary/aromatic N) is 2. The average molecular weight is 463 g/mol. The van der Waals surface area contributed by atoms with Crippen LogP contribution in [-0.4, -0.2) is 12.1 Å². The average Bonchev–Trinajstić information content (AvgIpc) is 2.82. The Morgan fingerprint density at radius 1 is 1.00 bits per heavy atom. The molecule has 0 saturated heterocycles. The molecule has 0 aromatic heterocycles. The Bertz CT molecular complexity index is 641. The van der Waals surface area contributed by atoms with Gasteiger partial charge in [-0.25, -0.2) is 10.5 Å². The van der Waals surface area contributed by atoms with Crippen LogP contribution in [0.5, 0.6) is 0 Å². The molecule has 3 rings (SSSR count). The number of hydrogen-bond acceptors (Lipinski definition) is 3. The van der Waals surface area contributed by atoms with E-state index in [0.29, 0.717) is 5.69 Å². The first-order valence-corrected chi connectivity index (χ1v) is 6.00. The predicted molar refractivity (Wildman–Crippen MR) is 71.7 cm³/mol. The van der Waals surface area contributed by atoms with Gasteiger partial charge < -0.3 is 10.0 Å². The zero-order valence-corrected chi connectivity index (χ0v) is 13.4. The maximum Gasteiger partial charge on any atom is 0.121 e. The van der Waals surface area contributed by atoms with Gasteiger partial charge in [-0.15, -0.1) is 18.2 Å². The number of rotatable bonds is 2. The number of hydrazine groups is 2. The molecule has 21 heavy (non-hydrogen) atoms. The van der Waals surface area contributed by atoms with Crippen LogP contribution in [0.25, 0.3) is 5.70 Å². The van der Waals surface area contributed by atoms with Crippen LogP contribution in [0.15, 0.2) is 42.5 Å². The number of nitrogens with one attached hydrogen (secondary N) is 1. The summed E-state index contributed by atoms with van der Waals surface area (Å²) in [5, 5.41) is 3.34. The van der Waals surface area contributed by atoms with E-state index in [1.165, 1.54) is 24.3 Å². The molecule has 1 heterocycles. The van der Waals surface area contributed by atoms with Crippen molar-refractivity contribution < 1.29 is 28.9 Å². The molecule has 1 radical (unpaired) electrons. The smallest absolute Gasteiger partial charge is 0.121 e. The molecule has 1 N–H and O–H groups in total. The van der Waals surface area contributed by atoms with Gasteiger partial charge in [0, 0.05) is 33.0 Å². The minimum Gasteiger partial charge on any atom is -0.396 e. The van der Waals surface area contributed by atoms with Crippen LogP contribution in [0.1, 0.15) is 5.56 Å². The third kappa shape index (κ3) is 3.29. The number of benzene rings is 2. The molecular formula is C15H11F2IrN3-2. The van der Waals surface area contributed by atoms with Crippen molar-refractivity contribution in [2.75, 3.05) is 12.1 Å². The molecule has 0 unspecified atom stereocenters. The van der Waals surface area contributed by atoms with E-state index in [4.69, 9.17) is 0 Å². The molecule has 2 aromatic rings. The van der Waals surface area contributed by atoms with Crippen molar-refractivity contribution in [1.82, 2.24) is 10.5 Å². The third-order valence-corrected chi connectivity index (χ3v) is 2.92. The van der Waals surface area contributed by atoms with Crippen molar-refractivity contribution in [3.8, 4) is 0 Å². The minimum absolute atomic E-state index is 0. The van der Waals surface area contributed by atoms with Gasteiger partial charge in [-0.1, -0.05) is 11.8 Å². The molecule has 0 aliphatic carbocycles. The zero-order valence-electron chi connectivity index (χ0n) is 11.0. The normalized spacial score (nSPS) is 14.0. The molecular weight excluding hydrogens is 452 g/mol. The van der Waals surface area contributed by atoms with Gasteiger partial charge in [-0.05, 0) is 17.8 Å². The molecule has 0 amide bonds. The standard InChI is InChI=1S/C15H11F2N3.Ir/c1-19-15(11-2-4-12(16)5-3-11)10-20(18-19)14-8-6-13(17)7-9-14;/h2-8,18H,1H3;/q-2;. The monoisotopic (exact) mass is 464 g/mol. The summed E-state index contributed by atoms with van der Waals surface area (Å²) in [4.78, 5) is 0. The largest absolute Gasteiger partial charge is 0.396 e. The van der Waals surface area contributed by atoms with E-state index in [1.807, 2.05) is 7.05 Å². The Labute approximate surface area is 135 Å². The molecule has 0 spiro atoms. The van der Waals surface area contributed by atoms with Gasteiger partial charge in [0.2, 0.25) is 0 Å². The number of halogens is 2. The van der Waals surface area contributed by atoms with E-state index in [2.05, 4.69) is 17.8 Å². The minimum atomic E-state index is -0.343. The van der Waals surface area contributed by atoms with E-state index in [9.17, 15) is 8.78 Å². The summed E-state index contributed by atoms with van der Waals surface area (Å²) < 4.78 is 25.8. The second-order valence-corrected chi connectivity index (χ2v) is 4.35. The van der Waals surface area contributed by atoms with Crippen molar-refractivity contribution in [1.29, 1.82) is 0 Å². The third-order valence-electron chi connectivity index (χ3n) is 2.92. The molecule has 2 aromatic carbocycles. The Morgan fingerprint density at radius 2 is 1.67 bits per heavy atom. The Hall–Kier alpha value is -1.75. The van der Waals surface area contributed by atoms with Gasteiger partial charge in [-0.2, -0.15) is 23.4 Å². The molecule has 0 saturated carbocycles. The number of anilines is 1. The molecule has 1 aliphatic heterocycles. The van der Waals surface area contributed by atoms with Crippen LogP contribution in [0.4, 0.5) is 14.5 Å². The Morgan fingerprint density at radius 3 is 2.29 bits per heavy atom. The van der Waals surface area contributed by atoms with Gasteiger partial charge in [0.05, 0.1) is 0 Å². The summed E-state index contributed by atoms with van der Waals surface area (Å²) in [5.41, 5.74) is 5.24. The molecule has 3 nitrogen and oxygen atoms in total. The van der Waals surface area contributed by atoms with Crippen LogP contribution in [0.3, 0.4) is 0 Å². The van der Waals surface area contributed by atoms with Crippen LogP contribution in [0.2, 0.25) is 0 Å². The van der Waals surface area contributed by atoms with E-state index >= 15 is 0 Å². The van der Waals surface area contributed by atoms with E-state index < -0.39 is 0 Å². The summed E-state index contributed by atoms with van der Waals surface area (Å²) in [7, 11) is 1.81. The van der Waals surface area contributed by atoms with E-state index in [0.717, 1.165) is 11.3 Å². The van der Waals surface area contributed by atoms with Crippen molar-refractivity contribution in [3.63, 3.8) is 0 Å². The topological polar surface area (TPSA) is 18.5 Å². The van der Waals surface area contributed by atoms with Crippen LogP contribution >= 0.6 is 0 Å². The van der Waals surface area contributed by atoms with Gasteiger partial charge in [-0.3, -0.25) is 4.39 Å². The molecule has 111 valence electrons. The Balaban J connectivity index is 0.00000161. The van der Waals surface area contributed by atoms with Gasteiger partial charge in [0.1, 0.15) is 5.82 Å². The SMILES string of the molecule is CN1NN(c2[c-]cc(F)cc2)[C-]=C1c1ccc(F)cc1.[Ir]. The maximum absolute atomic E-state index is 12.9. The second-order valence-electron chi connectivity index (χ2n) is 4.35. The summed E-state index contributed by atoms with van der Waals surface area (Å²) in [6, 6.07) is 13.1. The fourth-order valence-corrected chi connectivity index (χ4v) is 1.92. The van der Waals surface area contributed by atoms with Crippen molar-refractivity contribution >= 4 is 11.4 Å². The molecule has 6 heteroatoms. The molecule has 0 atom stereocenters. The van der Waals surface area contributed by atoms with E-state index in [1.54, 1.807) is 28.2 Å². The van der Waals surface area contributed by atoms with Crippen LogP contribution in [0, 0.1) is 23.9 Å². The molecule has 0 bridgehead atoms. The summed E-state index contributed by atoms with van der Waals surface area (Å²) in [5.74, 6) is -0.629. The first kappa shape index (κ1) is 15.6. The zero-order chi connectivity index (χ0) is 14.1. The van der Waals surface area contributed by atoms with Crippen molar-refractivity contribution in [3.05, 3.63) is 71.9 Å². The molecule has 1 aliphatic rings. The quantitative estimate of drug-likeness (QED) is 0.692. The van der Waals surface area contributed by atoms with Gasteiger partial charge in [0.15, 0.2) is 0 Å². The Kier molecular flexibility index (Phi) is 4.73. The van der Waals surface area contributed by atoms with E-state index in [-0.39, 0.29) is 31.7 Å². The summed E-state index contributed by atoms with van der Waals surface area (Å²) in [6.07, 6.45) is 3.10. The second kappa shape index (κ2) is 6.35. The van der Waals surface area contributed by atoms with Gasteiger partial charge in [0.25, 0.3) is 0 Å². The predicted octanol–water partition coefficient (Wildman–Crippen LogP) is 2.74. The summed E-state index contributed by atoms with van der Waals surface area (Å²) in [6.45, 7) is 0. The fraction of sp³-hybridized carbons (Fsp3) is 0.0667. The van der Waals surface area contributed by atoms with Crippen molar-refractivity contribution in [2.45, 2.75) is 0 Å². The number of hydrogen-bond donors (Lipinski definition) is 1. The first-order valence-electron chi connectivity index (χ1n) is 6.00. The van der Waals surface area contributed by atoms with Crippen LogP contribution < -0.4 is 10.5 Å². The maximum atomic E-state index is 12.9. The fourth-order valence-electron chi connectivity index (χ4n) is 1.92.